The van der Waals surface area contributed by atoms with E-state index in [-0.39, 0.29) is 0 Å². The van der Waals surface area contributed by atoms with Gasteiger partial charge in [0.2, 0.25) is 0 Å². The number of rotatable bonds is 6. The topological polar surface area (TPSA) is 27.7 Å². The highest BCUT2D eigenvalue weighted by molar-refractivity contribution is 14.1. The van der Waals surface area contributed by atoms with Crippen LogP contribution in [0.4, 0.5) is 0 Å². The summed E-state index contributed by atoms with van der Waals surface area (Å²) in [5.41, 5.74) is 0. The average molecular weight is 246 g/mol. The van der Waals surface area contributed by atoms with E-state index in [1.807, 2.05) is 23.0 Å². The summed E-state index contributed by atoms with van der Waals surface area (Å²) in [5.74, 6) is 0. The van der Waals surface area contributed by atoms with Crippen molar-refractivity contribution in [2.75, 3.05) is 33.5 Å². The van der Waals surface area contributed by atoms with Crippen molar-refractivity contribution in [1.29, 1.82) is 0 Å². The molecule has 0 rings (SSSR count). The molecule has 0 aliphatic heterocycles. The monoisotopic (exact) mass is 246 g/mol. The molecule has 56 valence electrons. The summed E-state index contributed by atoms with van der Waals surface area (Å²) in [4.78, 5) is 0. The fraction of sp³-hybridized carbons (Fsp3) is 1.00. The maximum atomic E-state index is 5.06. The lowest BCUT2D eigenvalue weighted by Gasteiger charge is -1.99. The molecule has 0 saturated carbocycles. The Morgan fingerprint density at radius 1 is 1.11 bits per heavy atom. The van der Waals surface area contributed by atoms with Crippen LogP contribution >= 0.6 is 23.0 Å². The molecule has 0 fully saturated rings. The molecule has 9 heavy (non-hydrogen) atoms. The Hall–Kier alpha value is 0.610. The number of methoxy groups -OCH3 is 1. The van der Waals surface area contributed by atoms with Gasteiger partial charge in [0.25, 0.3) is 0 Å². The van der Waals surface area contributed by atoms with Gasteiger partial charge in [0, 0.05) is 7.11 Å². The fourth-order valence-corrected chi connectivity index (χ4v) is 0.515. The predicted molar refractivity (Wildman–Crippen MR) is 42.7 cm³/mol. The van der Waals surface area contributed by atoms with Gasteiger partial charge in [-0.1, -0.05) is 0 Å². The molecule has 0 heterocycles. The van der Waals surface area contributed by atoms with Gasteiger partial charge in [0.1, 0.15) is 23.0 Å². The van der Waals surface area contributed by atoms with Gasteiger partial charge >= 0.3 is 0 Å². The van der Waals surface area contributed by atoms with E-state index < -0.39 is 0 Å². The lowest BCUT2D eigenvalue weighted by Crippen LogP contribution is -2.05. The second kappa shape index (κ2) is 8.61. The molecule has 0 unspecified atom stereocenters. The standard InChI is InChI=1S/C5H11IO3/c1-7-2-3-8-4-5-9-6/h2-5H2,1H3. The molecule has 0 bridgehead atoms. The van der Waals surface area contributed by atoms with Crippen LogP contribution in [0.5, 0.6) is 0 Å². The summed E-state index contributed by atoms with van der Waals surface area (Å²) in [5, 5.41) is 0. The molecule has 4 heteroatoms. The number of hydrogen-bond acceptors (Lipinski definition) is 3. The van der Waals surface area contributed by atoms with E-state index in [4.69, 9.17) is 12.5 Å². The molecular weight excluding hydrogens is 235 g/mol. The normalized spacial score (nSPS) is 10.0. The molecule has 3 nitrogen and oxygen atoms in total. The number of halogens is 1. The van der Waals surface area contributed by atoms with Crippen molar-refractivity contribution in [1.82, 2.24) is 0 Å². The van der Waals surface area contributed by atoms with E-state index in [1.54, 1.807) is 7.11 Å². The van der Waals surface area contributed by atoms with E-state index >= 15 is 0 Å². The molecule has 0 aromatic carbocycles. The summed E-state index contributed by atoms with van der Waals surface area (Å²) < 4.78 is 14.5. The van der Waals surface area contributed by atoms with Crippen LogP contribution in [0.3, 0.4) is 0 Å². The van der Waals surface area contributed by atoms with Crippen LogP contribution in [0.15, 0.2) is 0 Å². The fourth-order valence-electron chi connectivity index (χ4n) is 0.335. The maximum absolute atomic E-state index is 5.06. The van der Waals surface area contributed by atoms with Crippen LogP contribution in [0.25, 0.3) is 0 Å². The van der Waals surface area contributed by atoms with Crippen LogP contribution in [-0.2, 0) is 12.5 Å². The first-order chi connectivity index (χ1) is 4.41. The molecular formula is C5H11IO3. The van der Waals surface area contributed by atoms with E-state index in [0.29, 0.717) is 26.4 Å². The highest BCUT2D eigenvalue weighted by Gasteiger charge is 1.85. The molecule has 0 aliphatic rings. The second-order valence-electron chi connectivity index (χ2n) is 1.42. The summed E-state index contributed by atoms with van der Waals surface area (Å²) in [6, 6.07) is 0. The lowest BCUT2D eigenvalue weighted by atomic mass is 10.7. The van der Waals surface area contributed by atoms with Gasteiger partial charge < -0.3 is 12.5 Å². The summed E-state index contributed by atoms with van der Waals surface area (Å²) >= 11 is 1.84. The third kappa shape index (κ3) is 8.61. The van der Waals surface area contributed by atoms with Gasteiger partial charge in [-0.05, 0) is 0 Å². The number of ether oxygens (including phenoxy) is 2. The Morgan fingerprint density at radius 2 is 1.78 bits per heavy atom. The van der Waals surface area contributed by atoms with E-state index in [2.05, 4.69) is 0 Å². The van der Waals surface area contributed by atoms with Crippen molar-refractivity contribution < 1.29 is 12.5 Å². The first-order valence-electron chi connectivity index (χ1n) is 2.72. The van der Waals surface area contributed by atoms with Gasteiger partial charge in [-0.2, -0.15) is 0 Å². The Balaban J connectivity index is 2.60. The zero-order chi connectivity index (χ0) is 6.95. The van der Waals surface area contributed by atoms with Crippen LogP contribution in [0.1, 0.15) is 0 Å². The summed E-state index contributed by atoms with van der Waals surface area (Å²) in [7, 11) is 1.65. The summed E-state index contributed by atoms with van der Waals surface area (Å²) in [6.07, 6.45) is 0. The Bertz CT molecular complexity index is 45.5. The molecule has 0 aromatic heterocycles. The SMILES string of the molecule is COCCOCCOI. The van der Waals surface area contributed by atoms with Crippen molar-refractivity contribution in [3.8, 4) is 0 Å². The minimum absolute atomic E-state index is 0.643. The molecule has 0 spiro atoms. The van der Waals surface area contributed by atoms with Crippen molar-refractivity contribution in [3.63, 3.8) is 0 Å². The Kier molecular flexibility index (Phi) is 9.19. The van der Waals surface area contributed by atoms with Crippen LogP contribution in [0.2, 0.25) is 0 Å². The average Bonchev–Trinajstić information content (AvgIpc) is 1.89. The van der Waals surface area contributed by atoms with Crippen LogP contribution < -0.4 is 0 Å². The molecule has 0 radical (unpaired) electrons. The maximum Gasteiger partial charge on any atom is 0.109 e. The smallest absolute Gasteiger partial charge is 0.109 e. The third-order valence-electron chi connectivity index (χ3n) is 0.737. The molecule has 0 amide bonds. The molecule has 0 aliphatic carbocycles. The quantitative estimate of drug-likeness (QED) is 0.517. The molecule has 0 saturated heterocycles. The van der Waals surface area contributed by atoms with Crippen molar-refractivity contribution in [2.45, 2.75) is 0 Å². The summed E-state index contributed by atoms with van der Waals surface area (Å²) in [6.45, 7) is 2.59. The Morgan fingerprint density at radius 3 is 2.33 bits per heavy atom. The Labute approximate surface area is 69.4 Å². The third-order valence-corrected chi connectivity index (χ3v) is 1.18. The van der Waals surface area contributed by atoms with Gasteiger partial charge in [-0.25, -0.2) is 0 Å². The van der Waals surface area contributed by atoms with Crippen molar-refractivity contribution in [2.24, 2.45) is 0 Å². The largest absolute Gasteiger partial charge is 0.382 e. The predicted octanol–water partition coefficient (Wildman–Crippen LogP) is 1.02. The second-order valence-corrected chi connectivity index (χ2v) is 2.04. The minimum Gasteiger partial charge on any atom is -0.382 e. The van der Waals surface area contributed by atoms with Gasteiger partial charge in [0.15, 0.2) is 0 Å². The van der Waals surface area contributed by atoms with E-state index in [1.165, 1.54) is 0 Å². The molecule has 0 N–H and O–H groups in total. The van der Waals surface area contributed by atoms with Crippen molar-refractivity contribution >= 4 is 23.0 Å². The van der Waals surface area contributed by atoms with Crippen LogP contribution in [0, 0.1) is 0 Å². The van der Waals surface area contributed by atoms with Crippen molar-refractivity contribution in [3.05, 3.63) is 0 Å². The zero-order valence-electron chi connectivity index (χ0n) is 5.43. The number of hydrogen-bond donors (Lipinski definition) is 0. The molecule has 0 aromatic rings. The van der Waals surface area contributed by atoms with E-state index in [9.17, 15) is 0 Å². The molecule has 0 atom stereocenters. The lowest BCUT2D eigenvalue weighted by molar-refractivity contribution is 0.0606. The zero-order valence-corrected chi connectivity index (χ0v) is 7.59. The minimum atomic E-state index is 0.643. The van der Waals surface area contributed by atoms with Gasteiger partial charge in [-0.15, -0.1) is 0 Å². The van der Waals surface area contributed by atoms with E-state index in [0.717, 1.165) is 0 Å². The highest BCUT2D eigenvalue weighted by Crippen LogP contribution is 1.84. The highest BCUT2D eigenvalue weighted by atomic mass is 127. The first-order valence-corrected chi connectivity index (χ1v) is 3.60. The van der Waals surface area contributed by atoms with Gasteiger partial charge in [0.05, 0.1) is 26.4 Å². The van der Waals surface area contributed by atoms with Crippen LogP contribution in [-0.4, -0.2) is 33.5 Å². The first kappa shape index (κ1) is 9.61. The van der Waals surface area contributed by atoms with Gasteiger partial charge in [-0.3, -0.25) is 0 Å².